The Morgan fingerprint density at radius 1 is 1.10 bits per heavy atom. The van der Waals surface area contributed by atoms with E-state index in [9.17, 15) is 9.00 Å². The van der Waals surface area contributed by atoms with Crippen molar-refractivity contribution in [3.8, 4) is 0 Å². The van der Waals surface area contributed by atoms with Gasteiger partial charge >= 0.3 is 5.97 Å². The van der Waals surface area contributed by atoms with Crippen LogP contribution in [0.1, 0.15) is 15.9 Å². The van der Waals surface area contributed by atoms with Crippen molar-refractivity contribution in [2.45, 2.75) is 11.5 Å². The van der Waals surface area contributed by atoms with Crippen molar-refractivity contribution in [3.05, 3.63) is 63.6 Å². The predicted molar refractivity (Wildman–Crippen MR) is 84.4 cm³/mol. The van der Waals surface area contributed by atoms with Gasteiger partial charge in [-0.25, -0.2) is 4.79 Å². The third-order valence-corrected chi connectivity index (χ3v) is 4.51. The zero-order chi connectivity index (χ0) is 15.4. The lowest BCUT2D eigenvalue weighted by Crippen LogP contribution is -2.09. The van der Waals surface area contributed by atoms with Gasteiger partial charge in [-0.3, -0.25) is 4.21 Å². The maximum Gasteiger partial charge on any atom is 0.339 e. The number of esters is 1. The Balaban J connectivity index is 2.18. The molecule has 3 nitrogen and oxygen atoms in total. The fraction of sp³-hybridized carbons (Fsp3) is 0.133. The predicted octanol–water partition coefficient (Wildman–Crippen LogP) is 4.09. The summed E-state index contributed by atoms with van der Waals surface area (Å²) in [5, 5.41) is 0.866. The van der Waals surface area contributed by atoms with Gasteiger partial charge in [0.2, 0.25) is 0 Å². The van der Waals surface area contributed by atoms with Crippen molar-refractivity contribution >= 4 is 40.0 Å². The van der Waals surface area contributed by atoms with Crippen LogP contribution in [0.2, 0.25) is 10.0 Å². The molecule has 1 atom stereocenters. The van der Waals surface area contributed by atoms with Crippen LogP contribution in [0.25, 0.3) is 0 Å². The Morgan fingerprint density at radius 3 is 2.33 bits per heavy atom. The highest BCUT2D eigenvalue weighted by atomic mass is 35.5. The molecule has 2 aromatic carbocycles. The summed E-state index contributed by atoms with van der Waals surface area (Å²) in [4.78, 5) is 12.6. The maximum atomic E-state index is 12.1. The summed E-state index contributed by atoms with van der Waals surface area (Å²) in [7, 11) is -1.27. The van der Waals surface area contributed by atoms with Crippen LogP contribution >= 0.6 is 23.2 Å². The fourth-order valence-electron chi connectivity index (χ4n) is 1.77. The Labute approximate surface area is 135 Å². The molecule has 2 aromatic rings. The zero-order valence-corrected chi connectivity index (χ0v) is 13.5. The molecule has 0 aromatic heterocycles. The van der Waals surface area contributed by atoms with Gasteiger partial charge in [0.25, 0.3) is 0 Å². The molecule has 0 saturated heterocycles. The number of carbonyl (C=O) groups excluding carboxylic acids is 1. The van der Waals surface area contributed by atoms with E-state index in [1.54, 1.807) is 42.5 Å². The van der Waals surface area contributed by atoms with Gasteiger partial charge in [0, 0.05) is 21.9 Å². The number of carbonyl (C=O) groups is 1. The standard InChI is InChI=1S/C15H12Cl2O3S/c1-21(19)14-8-3-2-5-10(14)15(18)20-9-11-12(16)6-4-7-13(11)17/h2-8H,9H2,1H3/t21-/m1/s1. The van der Waals surface area contributed by atoms with Crippen molar-refractivity contribution in [1.29, 1.82) is 0 Å². The zero-order valence-electron chi connectivity index (χ0n) is 11.1. The van der Waals surface area contributed by atoms with E-state index < -0.39 is 16.8 Å². The molecule has 0 aliphatic rings. The van der Waals surface area contributed by atoms with E-state index in [1.165, 1.54) is 6.26 Å². The number of rotatable bonds is 4. The fourth-order valence-corrected chi connectivity index (χ4v) is 3.01. The van der Waals surface area contributed by atoms with E-state index in [0.29, 0.717) is 20.5 Å². The van der Waals surface area contributed by atoms with E-state index in [-0.39, 0.29) is 12.2 Å². The first-order chi connectivity index (χ1) is 10.0. The van der Waals surface area contributed by atoms with Gasteiger partial charge in [0.1, 0.15) is 6.61 Å². The van der Waals surface area contributed by atoms with Gasteiger partial charge in [0.15, 0.2) is 0 Å². The monoisotopic (exact) mass is 342 g/mol. The van der Waals surface area contributed by atoms with E-state index in [0.717, 1.165) is 0 Å². The SMILES string of the molecule is C[S@@](=O)c1ccccc1C(=O)OCc1c(Cl)cccc1Cl. The topological polar surface area (TPSA) is 43.4 Å². The van der Waals surface area contributed by atoms with Gasteiger partial charge in [-0.2, -0.15) is 0 Å². The van der Waals surface area contributed by atoms with Gasteiger partial charge in [-0.15, -0.1) is 0 Å². The van der Waals surface area contributed by atoms with Crippen LogP contribution in [0.4, 0.5) is 0 Å². The number of benzene rings is 2. The quantitative estimate of drug-likeness (QED) is 0.786. The van der Waals surface area contributed by atoms with Crippen LogP contribution in [-0.2, 0) is 22.1 Å². The normalized spacial score (nSPS) is 12.0. The molecule has 21 heavy (non-hydrogen) atoms. The molecular weight excluding hydrogens is 331 g/mol. The molecule has 0 spiro atoms. The summed E-state index contributed by atoms with van der Waals surface area (Å²) in [6.45, 7) is -0.0397. The van der Waals surface area contributed by atoms with Crippen LogP contribution in [0.3, 0.4) is 0 Å². The van der Waals surface area contributed by atoms with E-state index in [4.69, 9.17) is 27.9 Å². The lowest BCUT2D eigenvalue weighted by Gasteiger charge is -2.10. The molecular formula is C15H12Cl2O3S. The third kappa shape index (κ3) is 3.84. The highest BCUT2D eigenvalue weighted by molar-refractivity contribution is 7.84. The minimum atomic E-state index is -1.27. The molecule has 0 radical (unpaired) electrons. The molecule has 2 rings (SSSR count). The van der Waals surface area contributed by atoms with Crippen molar-refractivity contribution < 1.29 is 13.7 Å². The maximum absolute atomic E-state index is 12.1. The van der Waals surface area contributed by atoms with Gasteiger partial charge < -0.3 is 4.74 Å². The summed E-state index contributed by atoms with van der Waals surface area (Å²) >= 11 is 12.0. The highest BCUT2D eigenvalue weighted by Crippen LogP contribution is 2.25. The Bertz CT molecular complexity index is 681. The Hall–Kier alpha value is -1.36. The third-order valence-electron chi connectivity index (χ3n) is 2.83. The number of hydrogen-bond donors (Lipinski definition) is 0. The van der Waals surface area contributed by atoms with E-state index in [1.807, 2.05) is 0 Å². The summed E-state index contributed by atoms with van der Waals surface area (Å²) < 4.78 is 16.8. The Morgan fingerprint density at radius 2 is 1.71 bits per heavy atom. The summed E-state index contributed by atoms with van der Waals surface area (Å²) in [5.74, 6) is -0.559. The molecule has 6 heteroatoms. The van der Waals surface area contributed by atoms with E-state index >= 15 is 0 Å². The van der Waals surface area contributed by atoms with Crippen molar-refractivity contribution in [1.82, 2.24) is 0 Å². The second kappa shape index (κ2) is 7.07. The molecule has 0 bridgehead atoms. The van der Waals surface area contributed by atoms with Crippen LogP contribution in [0.15, 0.2) is 47.4 Å². The van der Waals surface area contributed by atoms with Crippen molar-refractivity contribution in [2.75, 3.05) is 6.26 Å². The van der Waals surface area contributed by atoms with Crippen LogP contribution in [-0.4, -0.2) is 16.4 Å². The van der Waals surface area contributed by atoms with Crippen LogP contribution in [0.5, 0.6) is 0 Å². The molecule has 0 fully saturated rings. The van der Waals surface area contributed by atoms with Gasteiger partial charge in [-0.05, 0) is 24.3 Å². The van der Waals surface area contributed by atoms with Crippen molar-refractivity contribution in [3.63, 3.8) is 0 Å². The summed E-state index contributed by atoms with van der Waals surface area (Å²) in [6, 6.07) is 11.7. The lowest BCUT2D eigenvalue weighted by atomic mass is 10.2. The molecule has 0 aliphatic carbocycles. The van der Waals surface area contributed by atoms with Crippen LogP contribution in [0, 0.1) is 0 Å². The molecule has 0 unspecified atom stereocenters. The van der Waals surface area contributed by atoms with Gasteiger partial charge in [-0.1, -0.05) is 41.4 Å². The smallest absolute Gasteiger partial charge is 0.339 e. The number of ether oxygens (including phenoxy) is 1. The van der Waals surface area contributed by atoms with Crippen molar-refractivity contribution in [2.24, 2.45) is 0 Å². The first-order valence-corrected chi connectivity index (χ1v) is 8.34. The molecule has 0 aliphatic heterocycles. The molecule has 0 N–H and O–H groups in total. The first kappa shape index (κ1) is 16.0. The minimum absolute atomic E-state index is 0.0397. The Kier molecular flexibility index (Phi) is 5.39. The number of halogens is 2. The molecule has 0 saturated carbocycles. The molecule has 0 amide bonds. The molecule has 110 valence electrons. The highest BCUT2D eigenvalue weighted by Gasteiger charge is 2.16. The summed E-state index contributed by atoms with van der Waals surface area (Å²) in [6.07, 6.45) is 1.51. The minimum Gasteiger partial charge on any atom is -0.457 e. The summed E-state index contributed by atoms with van der Waals surface area (Å²) in [5.41, 5.74) is 0.825. The van der Waals surface area contributed by atoms with Gasteiger partial charge in [0.05, 0.1) is 21.3 Å². The molecule has 0 heterocycles. The number of hydrogen-bond acceptors (Lipinski definition) is 3. The average molecular weight is 343 g/mol. The van der Waals surface area contributed by atoms with E-state index in [2.05, 4.69) is 0 Å². The second-order valence-corrected chi connectivity index (χ2v) is 6.39. The first-order valence-electron chi connectivity index (χ1n) is 6.03. The lowest BCUT2D eigenvalue weighted by molar-refractivity contribution is 0.0468. The average Bonchev–Trinajstić information content (AvgIpc) is 2.46. The van der Waals surface area contributed by atoms with Crippen LogP contribution < -0.4 is 0 Å². The second-order valence-electron chi connectivity index (χ2n) is 4.23. The largest absolute Gasteiger partial charge is 0.457 e.